The standard InChI is InChI=1S/C36H33Cl2N3O/c1-22-16-27(18-28(37)17-22)34-33(36(34,4)38)24(3)39-30-11-10-23(2)31(20-30)35(42)40-29-12-13-32-26(19-29)14-15-41(32)21-25-8-6-5-7-9-25/h5-20,33-34,39H,3,21H2,1-2,4H3,(H,40,42). The molecule has 0 bridgehead atoms. The number of amides is 1. The summed E-state index contributed by atoms with van der Waals surface area (Å²) in [7, 11) is 0. The van der Waals surface area contributed by atoms with E-state index in [1.54, 1.807) is 0 Å². The van der Waals surface area contributed by atoms with E-state index in [2.05, 4.69) is 70.4 Å². The van der Waals surface area contributed by atoms with Crippen molar-refractivity contribution < 1.29 is 4.79 Å². The topological polar surface area (TPSA) is 46.1 Å². The van der Waals surface area contributed by atoms with Gasteiger partial charge in [-0.05, 0) is 91.6 Å². The Bertz CT molecular complexity index is 1800. The maximum Gasteiger partial charge on any atom is 0.256 e. The molecule has 6 heteroatoms. The van der Waals surface area contributed by atoms with E-state index in [4.69, 9.17) is 23.2 Å². The smallest absolute Gasteiger partial charge is 0.256 e. The molecule has 0 saturated heterocycles. The summed E-state index contributed by atoms with van der Waals surface area (Å²) in [5.41, 5.74) is 8.43. The van der Waals surface area contributed by atoms with Crippen LogP contribution in [0.15, 0.2) is 109 Å². The number of hydrogen-bond acceptors (Lipinski definition) is 2. The second-order valence-corrected chi connectivity index (χ2v) is 12.8. The number of fused-ring (bicyclic) bond motifs is 1. The summed E-state index contributed by atoms with van der Waals surface area (Å²) in [6, 6.07) is 30.3. The third kappa shape index (κ3) is 5.57. The lowest BCUT2D eigenvalue weighted by molar-refractivity contribution is 0.102. The number of nitrogens with zero attached hydrogens (tertiary/aromatic N) is 1. The van der Waals surface area contributed by atoms with E-state index in [1.165, 1.54) is 5.56 Å². The van der Waals surface area contributed by atoms with Crippen LogP contribution in [0.1, 0.15) is 45.5 Å². The molecule has 2 N–H and O–H groups in total. The van der Waals surface area contributed by atoms with E-state index in [1.807, 2.05) is 69.3 Å². The number of nitrogens with one attached hydrogen (secondary N) is 2. The maximum absolute atomic E-state index is 13.4. The largest absolute Gasteiger partial charge is 0.359 e. The van der Waals surface area contributed by atoms with E-state index < -0.39 is 4.87 Å². The number of carbonyl (C=O) groups excluding carboxylic acids is 1. The quantitative estimate of drug-likeness (QED) is 0.176. The molecule has 3 atom stereocenters. The van der Waals surface area contributed by atoms with Gasteiger partial charge in [0.25, 0.3) is 5.91 Å². The highest BCUT2D eigenvalue weighted by molar-refractivity contribution is 6.31. The first kappa shape index (κ1) is 28.1. The van der Waals surface area contributed by atoms with E-state index in [0.717, 1.165) is 51.2 Å². The minimum atomic E-state index is -0.467. The van der Waals surface area contributed by atoms with Crippen molar-refractivity contribution >= 4 is 51.4 Å². The number of halogens is 2. The number of rotatable bonds is 8. The Morgan fingerprint density at radius 3 is 2.43 bits per heavy atom. The van der Waals surface area contributed by atoms with Gasteiger partial charge in [0.15, 0.2) is 0 Å². The van der Waals surface area contributed by atoms with Crippen molar-refractivity contribution in [3.63, 3.8) is 0 Å². The zero-order chi connectivity index (χ0) is 29.6. The van der Waals surface area contributed by atoms with Gasteiger partial charge in [-0.2, -0.15) is 0 Å². The third-order valence-electron chi connectivity index (χ3n) is 8.25. The number of aryl methyl sites for hydroxylation is 2. The van der Waals surface area contributed by atoms with Gasteiger partial charge in [0.1, 0.15) is 0 Å². The molecule has 1 heterocycles. The average molecular weight is 595 g/mol. The van der Waals surface area contributed by atoms with Crippen LogP contribution in [0.25, 0.3) is 10.9 Å². The molecular formula is C36H33Cl2N3O. The molecular weight excluding hydrogens is 561 g/mol. The lowest BCUT2D eigenvalue weighted by atomic mass is 10.0. The van der Waals surface area contributed by atoms with Crippen LogP contribution in [-0.4, -0.2) is 15.3 Å². The fourth-order valence-corrected chi connectivity index (χ4v) is 6.83. The second kappa shape index (κ2) is 11.0. The first-order chi connectivity index (χ1) is 20.1. The van der Waals surface area contributed by atoms with Crippen molar-refractivity contribution in [3.05, 3.63) is 142 Å². The normalized spacial score (nSPS) is 19.5. The molecule has 4 aromatic carbocycles. The van der Waals surface area contributed by atoms with Crippen molar-refractivity contribution in [3.8, 4) is 0 Å². The number of hydrogen-bond donors (Lipinski definition) is 2. The predicted octanol–water partition coefficient (Wildman–Crippen LogP) is 9.55. The Kier molecular flexibility index (Phi) is 7.38. The van der Waals surface area contributed by atoms with Gasteiger partial charge < -0.3 is 15.2 Å². The highest BCUT2D eigenvalue weighted by Crippen LogP contribution is 2.64. The Morgan fingerprint density at radius 1 is 0.929 bits per heavy atom. The van der Waals surface area contributed by atoms with Crippen LogP contribution in [0.2, 0.25) is 5.02 Å². The molecule has 1 fully saturated rings. The molecule has 1 aliphatic carbocycles. The number of anilines is 2. The predicted molar refractivity (Wildman–Crippen MR) is 176 cm³/mol. The van der Waals surface area contributed by atoms with Crippen LogP contribution in [0.4, 0.5) is 11.4 Å². The Labute approximate surface area is 257 Å². The molecule has 1 aromatic heterocycles. The maximum atomic E-state index is 13.4. The molecule has 6 rings (SSSR count). The molecule has 5 aromatic rings. The Balaban J connectivity index is 1.16. The molecule has 1 amide bonds. The number of aromatic nitrogens is 1. The fraction of sp³-hybridized carbons (Fsp3) is 0.194. The molecule has 4 nitrogen and oxygen atoms in total. The van der Waals surface area contributed by atoms with Crippen molar-refractivity contribution in [1.82, 2.24) is 4.57 Å². The molecule has 3 unspecified atom stereocenters. The van der Waals surface area contributed by atoms with Gasteiger partial charge in [-0.1, -0.05) is 60.6 Å². The summed E-state index contributed by atoms with van der Waals surface area (Å²) in [6.45, 7) is 11.1. The van der Waals surface area contributed by atoms with Gasteiger partial charge in [-0.25, -0.2) is 0 Å². The van der Waals surface area contributed by atoms with Crippen LogP contribution in [0.3, 0.4) is 0 Å². The van der Waals surface area contributed by atoms with E-state index in [-0.39, 0.29) is 17.7 Å². The van der Waals surface area contributed by atoms with Gasteiger partial charge >= 0.3 is 0 Å². The lowest BCUT2D eigenvalue weighted by Gasteiger charge is -2.14. The summed E-state index contributed by atoms with van der Waals surface area (Å²) in [5.74, 6) is -0.0375. The van der Waals surface area contributed by atoms with Crippen LogP contribution in [0.5, 0.6) is 0 Å². The third-order valence-corrected chi connectivity index (χ3v) is 8.94. The van der Waals surface area contributed by atoms with Crippen LogP contribution >= 0.6 is 23.2 Å². The first-order valence-electron chi connectivity index (χ1n) is 14.1. The van der Waals surface area contributed by atoms with Crippen molar-refractivity contribution in [1.29, 1.82) is 0 Å². The van der Waals surface area contributed by atoms with Gasteiger partial charge in [-0.15, -0.1) is 11.6 Å². The molecule has 1 saturated carbocycles. The molecule has 42 heavy (non-hydrogen) atoms. The Morgan fingerprint density at radius 2 is 1.67 bits per heavy atom. The summed E-state index contributed by atoms with van der Waals surface area (Å²) in [4.78, 5) is 12.9. The number of benzene rings is 4. The van der Waals surface area contributed by atoms with Crippen LogP contribution in [0, 0.1) is 19.8 Å². The first-order valence-corrected chi connectivity index (χ1v) is 14.8. The highest BCUT2D eigenvalue weighted by atomic mass is 35.5. The van der Waals surface area contributed by atoms with E-state index in [9.17, 15) is 4.79 Å². The molecule has 0 spiro atoms. The number of alkyl halides is 1. The van der Waals surface area contributed by atoms with Crippen LogP contribution in [-0.2, 0) is 6.54 Å². The van der Waals surface area contributed by atoms with Crippen molar-refractivity contribution in [2.45, 2.75) is 38.1 Å². The second-order valence-electron chi connectivity index (χ2n) is 11.5. The summed E-state index contributed by atoms with van der Waals surface area (Å²) < 4.78 is 2.21. The van der Waals surface area contributed by atoms with Crippen LogP contribution < -0.4 is 10.6 Å². The van der Waals surface area contributed by atoms with Gasteiger partial charge in [0.2, 0.25) is 0 Å². The monoisotopic (exact) mass is 593 g/mol. The minimum Gasteiger partial charge on any atom is -0.359 e. The minimum absolute atomic E-state index is 0.0246. The highest BCUT2D eigenvalue weighted by Gasteiger charge is 2.62. The van der Waals surface area contributed by atoms with Gasteiger partial charge in [0, 0.05) is 63.1 Å². The SMILES string of the molecule is C=C(Nc1ccc(C)c(C(=O)Nc2ccc3c(ccn3Cc3ccccc3)c2)c1)C1C(c2cc(C)cc(Cl)c2)C1(C)Cl. The number of allylic oxidation sites excluding steroid dienone is 1. The average Bonchev–Trinajstić information content (AvgIpc) is 3.32. The van der Waals surface area contributed by atoms with Crippen molar-refractivity contribution in [2.75, 3.05) is 10.6 Å². The summed E-state index contributed by atoms with van der Waals surface area (Å²) in [5, 5.41) is 8.30. The fourth-order valence-electron chi connectivity index (χ4n) is 6.09. The number of carbonyl (C=O) groups is 1. The Hall–Kier alpha value is -3.99. The van der Waals surface area contributed by atoms with Gasteiger partial charge in [-0.3, -0.25) is 4.79 Å². The molecule has 212 valence electrons. The molecule has 1 aliphatic rings. The summed E-state index contributed by atoms with van der Waals surface area (Å²) >= 11 is 13.3. The lowest BCUT2D eigenvalue weighted by Crippen LogP contribution is -2.14. The van der Waals surface area contributed by atoms with Crippen molar-refractivity contribution in [2.24, 2.45) is 5.92 Å². The van der Waals surface area contributed by atoms with Gasteiger partial charge in [0.05, 0.1) is 4.87 Å². The zero-order valence-electron chi connectivity index (χ0n) is 23.9. The zero-order valence-corrected chi connectivity index (χ0v) is 25.4. The van der Waals surface area contributed by atoms with E-state index >= 15 is 0 Å². The van der Waals surface area contributed by atoms with E-state index in [0.29, 0.717) is 10.6 Å². The summed E-state index contributed by atoms with van der Waals surface area (Å²) in [6.07, 6.45) is 2.08. The molecule has 0 radical (unpaired) electrons. The molecule has 0 aliphatic heterocycles.